The van der Waals surface area contributed by atoms with Crippen molar-refractivity contribution in [2.75, 3.05) is 54.1 Å². The van der Waals surface area contributed by atoms with E-state index in [1.165, 1.54) is 103 Å². The lowest BCUT2D eigenvalue weighted by atomic mass is 10.1. The Morgan fingerprint density at radius 2 is 1.05 bits per heavy atom. The van der Waals surface area contributed by atoms with Gasteiger partial charge in [-0.1, -0.05) is 158 Å². The van der Waals surface area contributed by atoms with Crippen molar-refractivity contribution >= 4 is 13.8 Å². The van der Waals surface area contributed by atoms with Crippen LogP contribution in [0, 0.1) is 0 Å². The van der Waals surface area contributed by atoms with Crippen LogP contribution in [0.3, 0.4) is 0 Å². The first kappa shape index (κ1) is 53.2. The standard InChI is InChI=1S/C46H84NO7P/c1-6-8-10-12-14-16-18-20-21-22-23-24-25-26-28-30-32-34-36-38-41-51-43-45(44-53-55(49,50)52-42-40-47(3,4)5)54-46(48)39-37-35-33-31-29-27-19-17-15-13-11-9-7-2/h9,11,15,17,20-21,27,29,33,35,45H,6-8,10,12-14,16,18-19,22-26,28,30-32,34,36-44H2,1-5H3/b11-9-,17-15-,21-20-,29-27-,35-33-. The molecule has 0 aliphatic rings. The molecular weight excluding hydrogens is 709 g/mol. The minimum atomic E-state index is -4.54. The molecule has 0 aliphatic heterocycles. The van der Waals surface area contributed by atoms with E-state index in [9.17, 15) is 14.3 Å². The molecule has 0 aromatic carbocycles. The molecule has 0 aliphatic carbocycles. The van der Waals surface area contributed by atoms with E-state index in [0.717, 1.165) is 38.5 Å². The molecule has 0 aromatic rings. The number of quaternary nitrogens is 1. The maximum Gasteiger partial charge on any atom is 0.306 e. The Labute approximate surface area is 339 Å². The predicted octanol–water partition coefficient (Wildman–Crippen LogP) is 12.3. The van der Waals surface area contributed by atoms with Crippen LogP contribution in [0.15, 0.2) is 60.8 Å². The molecule has 0 saturated heterocycles. The van der Waals surface area contributed by atoms with Gasteiger partial charge in [0.25, 0.3) is 7.82 Å². The van der Waals surface area contributed by atoms with E-state index < -0.39 is 19.9 Å². The highest BCUT2D eigenvalue weighted by molar-refractivity contribution is 7.45. The maximum atomic E-state index is 12.6. The number of allylic oxidation sites excluding steroid dienone is 10. The third-order valence-corrected chi connectivity index (χ3v) is 10.0. The number of likely N-dealkylation sites (N-methyl/N-ethyl adjacent to an activating group) is 1. The van der Waals surface area contributed by atoms with E-state index in [4.69, 9.17) is 18.5 Å². The van der Waals surface area contributed by atoms with Crippen LogP contribution in [0.25, 0.3) is 0 Å². The highest BCUT2D eigenvalue weighted by Crippen LogP contribution is 2.38. The number of unbranched alkanes of at least 4 members (excludes halogenated alkanes) is 16. The summed E-state index contributed by atoms with van der Waals surface area (Å²) >= 11 is 0. The number of nitrogens with zero attached hydrogens (tertiary/aromatic N) is 1. The van der Waals surface area contributed by atoms with Crippen molar-refractivity contribution in [3.05, 3.63) is 60.8 Å². The van der Waals surface area contributed by atoms with E-state index in [0.29, 0.717) is 24.1 Å². The summed E-state index contributed by atoms with van der Waals surface area (Å²) in [5.41, 5.74) is 0. The molecule has 2 unspecified atom stereocenters. The molecule has 0 amide bonds. The fraction of sp³-hybridized carbons (Fsp3) is 0.761. The highest BCUT2D eigenvalue weighted by Gasteiger charge is 2.20. The molecule has 55 heavy (non-hydrogen) atoms. The number of hydrogen-bond acceptors (Lipinski definition) is 7. The van der Waals surface area contributed by atoms with Crippen molar-refractivity contribution in [3.8, 4) is 0 Å². The van der Waals surface area contributed by atoms with Gasteiger partial charge in [-0.25, -0.2) is 0 Å². The van der Waals surface area contributed by atoms with Crippen LogP contribution < -0.4 is 4.89 Å². The number of carbonyl (C=O) groups is 1. The molecule has 0 bridgehead atoms. The molecule has 0 heterocycles. The van der Waals surface area contributed by atoms with Gasteiger partial charge in [0.1, 0.15) is 19.3 Å². The Morgan fingerprint density at radius 1 is 0.582 bits per heavy atom. The summed E-state index contributed by atoms with van der Waals surface area (Å²) in [6, 6.07) is 0. The minimum absolute atomic E-state index is 0.0113. The molecule has 0 aromatic heterocycles. The molecule has 0 rings (SSSR count). The number of rotatable bonds is 40. The zero-order valence-electron chi connectivity index (χ0n) is 36.1. The Kier molecular flexibility index (Phi) is 37.8. The Morgan fingerprint density at radius 3 is 1.58 bits per heavy atom. The second-order valence-corrected chi connectivity index (χ2v) is 17.1. The van der Waals surface area contributed by atoms with Gasteiger partial charge in [0.15, 0.2) is 0 Å². The van der Waals surface area contributed by atoms with Gasteiger partial charge in [-0.3, -0.25) is 9.36 Å². The van der Waals surface area contributed by atoms with Crippen molar-refractivity contribution in [1.29, 1.82) is 0 Å². The number of esters is 1. The molecule has 0 saturated carbocycles. The topological polar surface area (TPSA) is 94.1 Å². The van der Waals surface area contributed by atoms with Gasteiger partial charge in [-0.05, 0) is 64.2 Å². The number of ether oxygens (including phenoxy) is 2. The van der Waals surface area contributed by atoms with Crippen molar-refractivity contribution in [2.24, 2.45) is 0 Å². The minimum Gasteiger partial charge on any atom is -0.756 e. The van der Waals surface area contributed by atoms with Gasteiger partial charge in [-0.2, -0.15) is 0 Å². The summed E-state index contributed by atoms with van der Waals surface area (Å²) in [4.78, 5) is 25.0. The van der Waals surface area contributed by atoms with Crippen molar-refractivity contribution in [2.45, 2.75) is 174 Å². The van der Waals surface area contributed by atoms with Gasteiger partial charge in [0, 0.05) is 13.0 Å². The third kappa shape index (κ3) is 43.2. The van der Waals surface area contributed by atoms with E-state index in [-0.39, 0.29) is 26.2 Å². The SMILES string of the molecule is CC/C=C\C/C=C\C/C=C\C/C=C\CCC(=O)OC(COCCCCCCCCCCCC/C=C\CCCCCCCC)COP(=O)([O-])OCC[N+](C)(C)C. The van der Waals surface area contributed by atoms with E-state index in [1.54, 1.807) is 0 Å². The number of phosphoric acid groups is 1. The lowest BCUT2D eigenvalue weighted by Crippen LogP contribution is -2.37. The smallest absolute Gasteiger partial charge is 0.306 e. The van der Waals surface area contributed by atoms with Crippen molar-refractivity contribution in [1.82, 2.24) is 0 Å². The molecule has 9 heteroatoms. The van der Waals surface area contributed by atoms with Crippen molar-refractivity contribution in [3.63, 3.8) is 0 Å². The molecule has 2 atom stereocenters. The van der Waals surface area contributed by atoms with Gasteiger partial charge in [0.05, 0.1) is 34.4 Å². The monoisotopic (exact) mass is 794 g/mol. The quantitative estimate of drug-likeness (QED) is 0.0200. The molecule has 0 N–H and O–H groups in total. The zero-order valence-corrected chi connectivity index (χ0v) is 37.0. The fourth-order valence-electron chi connectivity index (χ4n) is 5.67. The summed E-state index contributed by atoms with van der Waals surface area (Å²) in [5.74, 6) is -0.415. The molecule has 320 valence electrons. The first-order valence-corrected chi connectivity index (χ1v) is 23.5. The molecule has 0 radical (unpaired) electrons. The van der Waals surface area contributed by atoms with Crippen LogP contribution >= 0.6 is 7.82 Å². The van der Waals surface area contributed by atoms with E-state index in [2.05, 4.69) is 62.5 Å². The van der Waals surface area contributed by atoms with Crippen LogP contribution in [0.4, 0.5) is 0 Å². The largest absolute Gasteiger partial charge is 0.756 e. The van der Waals surface area contributed by atoms with Gasteiger partial charge < -0.3 is 27.9 Å². The summed E-state index contributed by atoms with van der Waals surface area (Å²) in [7, 11) is 1.31. The Balaban J connectivity index is 4.26. The Hall–Kier alpha value is -1.80. The normalized spacial score (nSPS) is 14.4. The van der Waals surface area contributed by atoms with Gasteiger partial charge in [-0.15, -0.1) is 0 Å². The van der Waals surface area contributed by atoms with Crippen LogP contribution in [-0.4, -0.2) is 70.7 Å². The summed E-state index contributed by atoms with van der Waals surface area (Å²) in [6.45, 7) is 5.18. The second kappa shape index (κ2) is 39.0. The predicted molar refractivity (Wildman–Crippen MR) is 231 cm³/mol. The van der Waals surface area contributed by atoms with Crippen molar-refractivity contribution < 1.29 is 37.3 Å². The van der Waals surface area contributed by atoms with Gasteiger partial charge in [0.2, 0.25) is 0 Å². The van der Waals surface area contributed by atoms with E-state index in [1.807, 2.05) is 33.3 Å². The lowest BCUT2D eigenvalue weighted by Gasteiger charge is -2.28. The number of carbonyl (C=O) groups excluding carboxylic acids is 1. The average molecular weight is 794 g/mol. The highest BCUT2D eigenvalue weighted by atomic mass is 31.2. The van der Waals surface area contributed by atoms with Crippen LogP contribution in [-0.2, 0) is 27.9 Å². The summed E-state index contributed by atoms with van der Waals surface area (Å²) < 4.78 is 34.5. The first-order chi connectivity index (χ1) is 26.6. The number of phosphoric ester groups is 1. The Bertz CT molecular complexity index is 1060. The molecular formula is C46H84NO7P. The van der Waals surface area contributed by atoms with Crippen LogP contribution in [0.2, 0.25) is 0 Å². The third-order valence-electron chi connectivity index (χ3n) is 9.07. The average Bonchev–Trinajstić information content (AvgIpc) is 3.13. The zero-order chi connectivity index (χ0) is 40.6. The molecule has 8 nitrogen and oxygen atoms in total. The molecule has 0 fully saturated rings. The maximum absolute atomic E-state index is 12.6. The summed E-state index contributed by atoms with van der Waals surface area (Å²) in [5, 5.41) is 0. The van der Waals surface area contributed by atoms with Gasteiger partial charge >= 0.3 is 5.97 Å². The summed E-state index contributed by atoms with van der Waals surface area (Å²) in [6.07, 6.45) is 48.3. The van der Waals surface area contributed by atoms with Crippen LogP contribution in [0.5, 0.6) is 0 Å². The molecule has 0 spiro atoms. The fourth-order valence-corrected chi connectivity index (χ4v) is 6.40. The first-order valence-electron chi connectivity index (χ1n) is 22.0. The second-order valence-electron chi connectivity index (χ2n) is 15.7. The van der Waals surface area contributed by atoms with Crippen LogP contribution in [0.1, 0.15) is 168 Å². The lowest BCUT2D eigenvalue weighted by molar-refractivity contribution is -0.870. The number of hydrogen-bond donors (Lipinski definition) is 0. The van der Waals surface area contributed by atoms with E-state index >= 15 is 0 Å².